The zero-order valence-electron chi connectivity index (χ0n) is 11.0. The molecule has 21 heavy (non-hydrogen) atoms. The number of rotatable bonds is 5. The Hall–Kier alpha value is -1.15. The fourth-order valence-electron chi connectivity index (χ4n) is 1.95. The summed E-state index contributed by atoms with van der Waals surface area (Å²) >= 11 is 7.25. The van der Waals surface area contributed by atoms with Crippen LogP contribution in [0.3, 0.4) is 0 Å². The summed E-state index contributed by atoms with van der Waals surface area (Å²) in [6, 6.07) is 4.48. The van der Waals surface area contributed by atoms with E-state index in [4.69, 9.17) is 17.3 Å². The largest absolute Gasteiger partial charge is 0.326 e. The number of hydrogen-bond acceptors (Lipinski definition) is 5. The molecular formula is C13H14ClN3O2S2. The minimum Gasteiger partial charge on any atom is -0.326 e. The van der Waals surface area contributed by atoms with Crippen molar-refractivity contribution in [2.24, 2.45) is 5.73 Å². The average Bonchev–Trinajstić information content (AvgIpc) is 3.20. The van der Waals surface area contributed by atoms with Crippen LogP contribution in [0.1, 0.15) is 30.0 Å². The first kappa shape index (κ1) is 14.8. The Morgan fingerprint density at radius 1 is 1.43 bits per heavy atom. The monoisotopic (exact) mass is 343 g/mol. The van der Waals surface area contributed by atoms with E-state index in [0.717, 1.165) is 18.5 Å². The van der Waals surface area contributed by atoms with E-state index in [-0.39, 0.29) is 11.4 Å². The molecule has 1 fully saturated rings. The van der Waals surface area contributed by atoms with Crippen molar-refractivity contribution in [1.29, 1.82) is 0 Å². The zero-order chi connectivity index (χ0) is 15.0. The summed E-state index contributed by atoms with van der Waals surface area (Å²) in [4.78, 5) is 4.46. The minimum absolute atomic E-state index is 0.135. The SMILES string of the molecule is NCc1cc(S(=O)(=O)Nc2nc(C3CC3)cs2)ccc1Cl. The Balaban J connectivity index is 1.85. The topological polar surface area (TPSA) is 85.1 Å². The fraction of sp³-hybridized carbons (Fsp3) is 0.308. The van der Waals surface area contributed by atoms with E-state index in [1.54, 1.807) is 0 Å². The summed E-state index contributed by atoms with van der Waals surface area (Å²) in [5.74, 6) is 0.499. The first-order valence-electron chi connectivity index (χ1n) is 6.46. The molecule has 5 nitrogen and oxygen atoms in total. The van der Waals surface area contributed by atoms with Gasteiger partial charge in [0.15, 0.2) is 5.13 Å². The van der Waals surface area contributed by atoms with E-state index in [2.05, 4.69) is 9.71 Å². The lowest BCUT2D eigenvalue weighted by Gasteiger charge is -2.08. The minimum atomic E-state index is -3.67. The van der Waals surface area contributed by atoms with E-state index in [0.29, 0.717) is 21.6 Å². The van der Waals surface area contributed by atoms with Crippen LogP contribution in [0.4, 0.5) is 5.13 Å². The predicted molar refractivity (Wildman–Crippen MR) is 84.2 cm³/mol. The Labute approximate surface area is 132 Å². The van der Waals surface area contributed by atoms with Gasteiger partial charge >= 0.3 is 0 Å². The van der Waals surface area contributed by atoms with Crippen LogP contribution in [0.15, 0.2) is 28.5 Å². The first-order valence-corrected chi connectivity index (χ1v) is 9.20. The number of anilines is 1. The molecule has 1 aliphatic rings. The lowest BCUT2D eigenvalue weighted by atomic mass is 10.2. The Kier molecular flexibility index (Phi) is 3.92. The Bertz CT molecular complexity index is 769. The second-order valence-electron chi connectivity index (χ2n) is 4.91. The van der Waals surface area contributed by atoms with Crippen LogP contribution >= 0.6 is 22.9 Å². The van der Waals surface area contributed by atoms with Gasteiger partial charge in [0.25, 0.3) is 10.0 Å². The van der Waals surface area contributed by atoms with Crippen LogP contribution in [-0.2, 0) is 16.6 Å². The number of hydrogen-bond donors (Lipinski definition) is 2. The van der Waals surface area contributed by atoms with Crippen molar-refractivity contribution in [2.45, 2.75) is 30.2 Å². The number of thiazole rings is 1. The van der Waals surface area contributed by atoms with Gasteiger partial charge < -0.3 is 5.73 Å². The Morgan fingerprint density at radius 2 is 2.19 bits per heavy atom. The summed E-state index contributed by atoms with van der Waals surface area (Å²) in [5, 5.41) is 2.76. The molecule has 112 valence electrons. The number of aromatic nitrogens is 1. The van der Waals surface area contributed by atoms with Crippen molar-refractivity contribution in [3.05, 3.63) is 39.9 Å². The van der Waals surface area contributed by atoms with Gasteiger partial charge in [0, 0.05) is 22.9 Å². The molecule has 3 rings (SSSR count). The smallest absolute Gasteiger partial charge is 0.263 e. The third-order valence-electron chi connectivity index (χ3n) is 3.29. The maximum absolute atomic E-state index is 12.3. The van der Waals surface area contributed by atoms with Crippen LogP contribution in [0, 0.1) is 0 Å². The van der Waals surface area contributed by atoms with E-state index in [9.17, 15) is 8.42 Å². The molecule has 3 N–H and O–H groups in total. The highest BCUT2D eigenvalue weighted by Gasteiger charge is 2.27. The highest BCUT2D eigenvalue weighted by Crippen LogP contribution is 2.41. The van der Waals surface area contributed by atoms with E-state index >= 15 is 0 Å². The molecule has 0 aliphatic heterocycles. The normalized spacial score (nSPS) is 15.1. The third kappa shape index (κ3) is 3.21. The average molecular weight is 344 g/mol. The van der Waals surface area contributed by atoms with Crippen LogP contribution in [0.25, 0.3) is 0 Å². The van der Waals surface area contributed by atoms with Gasteiger partial charge in [-0.05, 0) is 36.6 Å². The van der Waals surface area contributed by atoms with Gasteiger partial charge in [-0.25, -0.2) is 13.4 Å². The van der Waals surface area contributed by atoms with Crippen molar-refractivity contribution >= 4 is 38.1 Å². The molecule has 0 unspecified atom stereocenters. The molecule has 0 saturated heterocycles. The third-order valence-corrected chi connectivity index (χ3v) is 5.90. The molecule has 1 aromatic carbocycles. The van der Waals surface area contributed by atoms with Gasteiger partial charge in [0.1, 0.15) is 0 Å². The second kappa shape index (κ2) is 5.57. The molecule has 1 aliphatic carbocycles. The summed E-state index contributed by atoms with van der Waals surface area (Å²) in [6.07, 6.45) is 2.26. The number of halogens is 1. The highest BCUT2D eigenvalue weighted by atomic mass is 35.5. The number of nitrogens with one attached hydrogen (secondary N) is 1. The lowest BCUT2D eigenvalue weighted by molar-refractivity contribution is 0.601. The number of nitrogens with zero attached hydrogens (tertiary/aromatic N) is 1. The molecule has 8 heteroatoms. The molecule has 1 aromatic heterocycles. The molecule has 0 bridgehead atoms. The van der Waals surface area contributed by atoms with Gasteiger partial charge in [-0.15, -0.1) is 11.3 Å². The molecule has 0 radical (unpaired) electrons. The van der Waals surface area contributed by atoms with Crippen LogP contribution in [0.5, 0.6) is 0 Å². The van der Waals surface area contributed by atoms with E-state index in [1.165, 1.54) is 29.5 Å². The van der Waals surface area contributed by atoms with Gasteiger partial charge in [0.2, 0.25) is 0 Å². The maximum atomic E-state index is 12.3. The molecule has 0 amide bonds. The zero-order valence-corrected chi connectivity index (χ0v) is 13.4. The van der Waals surface area contributed by atoms with Crippen molar-refractivity contribution in [2.75, 3.05) is 4.72 Å². The predicted octanol–water partition coefficient (Wildman–Crippen LogP) is 2.93. The summed E-state index contributed by atoms with van der Waals surface area (Å²) < 4.78 is 27.2. The fourth-order valence-corrected chi connectivity index (χ4v) is 4.24. The van der Waals surface area contributed by atoms with Crippen molar-refractivity contribution in [3.8, 4) is 0 Å². The van der Waals surface area contributed by atoms with Crippen LogP contribution < -0.4 is 10.5 Å². The van der Waals surface area contributed by atoms with Gasteiger partial charge in [-0.3, -0.25) is 4.72 Å². The lowest BCUT2D eigenvalue weighted by Crippen LogP contribution is -2.13. The molecule has 0 spiro atoms. The van der Waals surface area contributed by atoms with Crippen LogP contribution in [-0.4, -0.2) is 13.4 Å². The summed E-state index contributed by atoms with van der Waals surface area (Å²) in [6.45, 7) is 0.186. The first-order chi connectivity index (χ1) is 9.99. The van der Waals surface area contributed by atoms with Crippen LogP contribution in [0.2, 0.25) is 5.02 Å². The van der Waals surface area contributed by atoms with Gasteiger partial charge in [-0.1, -0.05) is 11.6 Å². The molecular weight excluding hydrogens is 330 g/mol. The maximum Gasteiger partial charge on any atom is 0.263 e. The highest BCUT2D eigenvalue weighted by molar-refractivity contribution is 7.93. The summed E-state index contributed by atoms with van der Waals surface area (Å²) in [5.41, 5.74) is 7.11. The van der Waals surface area contributed by atoms with Crippen molar-refractivity contribution < 1.29 is 8.42 Å². The molecule has 0 atom stereocenters. The summed E-state index contributed by atoms with van der Waals surface area (Å²) in [7, 11) is -3.67. The number of nitrogens with two attached hydrogens (primary N) is 1. The molecule has 1 heterocycles. The molecule has 2 aromatic rings. The standard InChI is InChI=1S/C13H14ClN3O2S2/c14-11-4-3-10(5-9(11)6-15)21(18,19)17-13-16-12(7-20-13)8-1-2-8/h3-5,7-8H,1-2,6,15H2,(H,16,17). The van der Waals surface area contributed by atoms with Crippen molar-refractivity contribution in [1.82, 2.24) is 4.98 Å². The number of sulfonamides is 1. The van der Waals surface area contributed by atoms with E-state index < -0.39 is 10.0 Å². The van der Waals surface area contributed by atoms with Gasteiger partial charge in [-0.2, -0.15) is 0 Å². The Morgan fingerprint density at radius 3 is 2.86 bits per heavy atom. The van der Waals surface area contributed by atoms with Gasteiger partial charge in [0.05, 0.1) is 10.6 Å². The quantitative estimate of drug-likeness (QED) is 0.874. The number of benzene rings is 1. The molecule has 1 saturated carbocycles. The van der Waals surface area contributed by atoms with E-state index in [1.807, 2.05) is 5.38 Å². The second-order valence-corrected chi connectivity index (χ2v) is 7.86. The van der Waals surface area contributed by atoms with Crippen molar-refractivity contribution in [3.63, 3.8) is 0 Å².